The molecule has 0 aromatic heterocycles. The standard InChI is InChI=1S/C22H25NO4/c1-2-13-27-20-9-8-19-15-23(12-11-18(19)14-20)21(24)10-5-16-3-6-17(7-4-16)22(25)26/h3-4,6-9,14H,2,5,10-13,15H2,1H3,(H,25,26). The van der Waals surface area contributed by atoms with Crippen LogP contribution >= 0.6 is 0 Å². The minimum atomic E-state index is -0.937. The van der Waals surface area contributed by atoms with Crippen molar-refractivity contribution >= 4 is 11.9 Å². The summed E-state index contributed by atoms with van der Waals surface area (Å²) in [5, 5.41) is 8.94. The van der Waals surface area contributed by atoms with Crippen molar-refractivity contribution in [3.63, 3.8) is 0 Å². The fourth-order valence-electron chi connectivity index (χ4n) is 3.28. The fraction of sp³-hybridized carbons (Fsp3) is 0.364. The zero-order valence-electron chi connectivity index (χ0n) is 15.6. The summed E-state index contributed by atoms with van der Waals surface area (Å²) in [6.45, 7) is 4.17. The van der Waals surface area contributed by atoms with E-state index in [1.807, 2.05) is 11.0 Å². The molecule has 0 saturated carbocycles. The summed E-state index contributed by atoms with van der Waals surface area (Å²) in [5.41, 5.74) is 3.68. The number of fused-ring (bicyclic) bond motifs is 1. The van der Waals surface area contributed by atoms with E-state index >= 15 is 0 Å². The van der Waals surface area contributed by atoms with Crippen molar-refractivity contribution < 1.29 is 19.4 Å². The molecule has 1 aliphatic heterocycles. The second kappa shape index (κ2) is 8.71. The molecule has 0 unspecified atom stereocenters. The fourth-order valence-corrected chi connectivity index (χ4v) is 3.28. The van der Waals surface area contributed by atoms with Crippen LogP contribution in [0, 0.1) is 0 Å². The smallest absolute Gasteiger partial charge is 0.335 e. The van der Waals surface area contributed by atoms with Gasteiger partial charge in [0.25, 0.3) is 0 Å². The third kappa shape index (κ3) is 4.88. The summed E-state index contributed by atoms with van der Waals surface area (Å²) in [7, 11) is 0. The minimum Gasteiger partial charge on any atom is -0.494 e. The molecule has 142 valence electrons. The van der Waals surface area contributed by atoms with Crippen molar-refractivity contribution in [2.75, 3.05) is 13.2 Å². The molecule has 27 heavy (non-hydrogen) atoms. The maximum atomic E-state index is 12.6. The van der Waals surface area contributed by atoms with Gasteiger partial charge in [0.05, 0.1) is 12.2 Å². The summed E-state index contributed by atoms with van der Waals surface area (Å²) in [5.74, 6) is 0.0994. The lowest BCUT2D eigenvalue weighted by Crippen LogP contribution is -2.36. The Morgan fingerprint density at radius 2 is 1.89 bits per heavy atom. The lowest BCUT2D eigenvalue weighted by molar-refractivity contribution is -0.132. The largest absolute Gasteiger partial charge is 0.494 e. The first-order valence-corrected chi connectivity index (χ1v) is 9.41. The highest BCUT2D eigenvalue weighted by molar-refractivity contribution is 5.87. The van der Waals surface area contributed by atoms with E-state index < -0.39 is 5.97 Å². The first-order chi connectivity index (χ1) is 13.1. The summed E-state index contributed by atoms with van der Waals surface area (Å²) in [6, 6.07) is 12.8. The number of hydrogen-bond donors (Lipinski definition) is 1. The Balaban J connectivity index is 1.55. The van der Waals surface area contributed by atoms with E-state index in [2.05, 4.69) is 19.1 Å². The molecule has 3 rings (SSSR count). The van der Waals surface area contributed by atoms with Gasteiger partial charge in [0.2, 0.25) is 5.91 Å². The third-order valence-corrected chi connectivity index (χ3v) is 4.84. The van der Waals surface area contributed by atoms with Gasteiger partial charge in [0, 0.05) is 19.5 Å². The summed E-state index contributed by atoms with van der Waals surface area (Å²) in [6.07, 6.45) is 2.88. The molecule has 0 aliphatic carbocycles. The molecular formula is C22H25NO4. The summed E-state index contributed by atoms with van der Waals surface area (Å²) >= 11 is 0. The normalized spacial score (nSPS) is 13.1. The van der Waals surface area contributed by atoms with Gasteiger partial charge < -0.3 is 14.7 Å². The number of nitrogens with zero attached hydrogens (tertiary/aromatic N) is 1. The van der Waals surface area contributed by atoms with Crippen molar-refractivity contribution in [2.24, 2.45) is 0 Å². The van der Waals surface area contributed by atoms with Crippen molar-refractivity contribution in [1.29, 1.82) is 0 Å². The summed E-state index contributed by atoms with van der Waals surface area (Å²) in [4.78, 5) is 25.4. The van der Waals surface area contributed by atoms with Gasteiger partial charge in [-0.05, 0) is 60.2 Å². The Morgan fingerprint density at radius 1 is 1.11 bits per heavy atom. The van der Waals surface area contributed by atoms with Crippen LogP contribution in [-0.4, -0.2) is 35.0 Å². The number of rotatable bonds is 7. The number of carbonyl (C=O) groups is 2. The second-order valence-electron chi connectivity index (χ2n) is 6.85. The molecule has 0 saturated heterocycles. The lowest BCUT2D eigenvalue weighted by atomic mass is 9.98. The number of carboxylic acids is 1. The van der Waals surface area contributed by atoms with E-state index in [0.29, 0.717) is 19.4 Å². The Labute approximate surface area is 159 Å². The molecule has 0 bridgehead atoms. The van der Waals surface area contributed by atoms with Gasteiger partial charge in [-0.25, -0.2) is 4.79 Å². The van der Waals surface area contributed by atoms with Crippen LogP contribution in [0.2, 0.25) is 0 Å². The number of carboxylic acid groups (broad SMARTS) is 1. The number of ether oxygens (including phenoxy) is 1. The highest BCUT2D eigenvalue weighted by Crippen LogP contribution is 2.24. The predicted molar refractivity (Wildman–Crippen MR) is 103 cm³/mol. The van der Waals surface area contributed by atoms with Gasteiger partial charge in [-0.1, -0.05) is 25.1 Å². The third-order valence-electron chi connectivity index (χ3n) is 4.84. The number of aromatic carboxylic acids is 1. The number of carbonyl (C=O) groups excluding carboxylic acids is 1. The number of hydrogen-bond acceptors (Lipinski definition) is 3. The number of aryl methyl sites for hydroxylation is 1. The van der Waals surface area contributed by atoms with Gasteiger partial charge in [-0.2, -0.15) is 0 Å². The van der Waals surface area contributed by atoms with Gasteiger partial charge >= 0.3 is 5.97 Å². The van der Waals surface area contributed by atoms with E-state index in [1.165, 1.54) is 11.1 Å². The van der Waals surface area contributed by atoms with Crippen molar-refractivity contribution in [2.45, 2.75) is 39.2 Å². The number of benzene rings is 2. The molecule has 5 nitrogen and oxygen atoms in total. The maximum Gasteiger partial charge on any atom is 0.335 e. The zero-order valence-corrected chi connectivity index (χ0v) is 15.6. The lowest BCUT2D eigenvalue weighted by Gasteiger charge is -2.29. The van der Waals surface area contributed by atoms with Crippen LogP contribution in [0.1, 0.15) is 46.8 Å². The average molecular weight is 367 g/mol. The Kier molecular flexibility index (Phi) is 6.12. The highest BCUT2D eigenvalue weighted by atomic mass is 16.5. The van der Waals surface area contributed by atoms with Gasteiger partial charge in [-0.3, -0.25) is 4.79 Å². The van der Waals surface area contributed by atoms with Crippen LogP contribution in [0.3, 0.4) is 0 Å². The van der Waals surface area contributed by atoms with Crippen LogP contribution in [0.25, 0.3) is 0 Å². The van der Waals surface area contributed by atoms with Gasteiger partial charge in [-0.15, -0.1) is 0 Å². The highest BCUT2D eigenvalue weighted by Gasteiger charge is 2.21. The molecule has 2 aromatic carbocycles. The molecule has 0 spiro atoms. The topological polar surface area (TPSA) is 66.8 Å². The van der Waals surface area contributed by atoms with Crippen molar-refractivity contribution in [3.8, 4) is 5.75 Å². The van der Waals surface area contributed by atoms with Crippen LogP contribution in [0.15, 0.2) is 42.5 Å². The molecule has 5 heteroatoms. The van der Waals surface area contributed by atoms with E-state index in [4.69, 9.17) is 9.84 Å². The van der Waals surface area contributed by atoms with Gasteiger partial charge in [0.1, 0.15) is 5.75 Å². The van der Waals surface area contributed by atoms with E-state index in [1.54, 1.807) is 24.3 Å². The van der Waals surface area contributed by atoms with Crippen molar-refractivity contribution in [1.82, 2.24) is 4.90 Å². The van der Waals surface area contributed by atoms with Crippen LogP contribution in [0.4, 0.5) is 0 Å². The molecule has 0 radical (unpaired) electrons. The predicted octanol–water partition coefficient (Wildman–Crippen LogP) is 3.69. The van der Waals surface area contributed by atoms with E-state index in [0.717, 1.165) is 37.3 Å². The SMILES string of the molecule is CCCOc1ccc2c(c1)CCN(C(=O)CCc1ccc(C(=O)O)cc1)C2. The number of amides is 1. The Morgan fingerprint density at radius 3 is 2.59 bits per heavy atom. The minimum absolute atomic E-state index is 0.134. The van der Waals surface area contributed by atoms with Crippen LogP contribution in [-0.2, 0) is 24.2 Å². The first kappa shape index (κ1) is 19.0. The monoisotopic (exact) mass is 367 g/mol. The Hall–Kier alpha value is -2.82. The molecule has 2 aromatic rings. The molecule has 1 N–H and O–H groups in total. The molecule has 0 fully saturated rings. The van der Waals surface area contributed by atoms with Crippen LogP contribution in [0.5, 0.6) is 5.75 Å². The molecule has 1 amide bonds. The van der Waals surface area contributed by atoms with Crippen LogP contribution < -0.4 is 4.74 Å². The Bertz CT molecular complexity index is 814. The molecular weight excluding hydrogens is 342 g/mol. The average Bonchev–Trinajstić information content (AvgIpc) is 2.70. The molecule has 1 aliphatic rings. The summed E-state index contributed by atoms with van der Waals surface area (Å²) < 4.78 is 5.69. The molecule has 0 atom stereocenters. The van der Waals surface area contributed by atoms with E-state index in [9.17, 15) is 9.59 Å². The first-order valence-electron chi connectivity index (χ1n) is 9.41. The molecule has 1 heterocycles. The van der Waals surface area contributed by atoms with Gasteiger partial charge in [0.15, 0.2) is 0 Å². The maximum absolute atomic E-state index is 12.6. The van der Waals surface area contributed by atoms with Crippen molar-refractivity contribution in [3.05, 3.63) is 64.7 Å². The second-order valence-corrected chi connectivity index (χ2v) is 6.85. The van der Waals surface area contributed by atoms with E-state index in [-0.39, 0.29) is 11.5 Å². The zero-order chi connectivity index (χ0) is 19.2. The quantitative estimate of drug-likeness (QED) is 0.810.